The van der Waals surface area contributed by atoms with Gasteiger partial charge in [-0.25, -0.2) is 0 Å². The zero-order chi connectivity index (χ0) is 12.3. The fourth-order valence-electron chi connectivity index (χ4n) is 3.67. The van der Waals surface area contributed by atoms with E-state index in [1.165, 1.54) is 50.7 Å². The molecule has 0 aliphatic heterocycles. The second-order valence-electron chi connectivity index (χ2n) is 6.66. The van der Waals surface area contributed by atoms with E-state index >= 15 is 0 Å². The molecule has 0 aromatic heterocycles. The standard InChI is InChI=1S/C15H29NS/c1-4-17-14-9-5-8-13(14)16-12-7-6-10-15(2,3)11-12/h12-14,16H,4-11H2,1-3H3. The summed E-state index contributed by atoms with van der Waals surface area (Å²) in [4.78, 5) is 0. The van der Waals surface area contributed by atoms with Crippen LogP contribution in [0.3, 0.4) is 0 Å². The van der Waals surface area contributed by atoms with Gasteiger partial charge in [-0.3, -0.25) is 0 Å². The van der Waals surface area contributed by atoms with Crippen LogP contribution in [0, 0.1) is 5.41 Å². The number of nitrogens with one attached hydrogen (secondary N) is 1. The van der Waals surface area contributed by atoms with Gasteiger partial charge in [0.2, 0.25) is 0 Å². The van der Waals surface area contributed by atoms with Crippen molar-refractivity contribution >= 4 is 11.8 Å². The van der Waals surface area contributed by atoms with Crippen LogP contribution in [0.2, 0.25) is 0 Å². The van der Waals surface area contributed by atoms with E-state index in [1.54, 1.807) is 0 Å². The third-order valence-corrected chi connectivity index (χ3v) is 5.81. The van der Waals surface area contributed by atoms with Crippen LogP contribution >= 0.6 is 11.8 Å². The van der Waals surface area contributed by atoms with Gasteiger partial charge in [0, 0.05) is 17.3 Å². The van der Waals surface area contributed by atoms with Crippen molar-refractivity contribution in [3.05, 3.63) is 0 Å². The molecule has 0 aromatic rings. The normalized spacial score (nSPS) is 37.2. The molecule has 0 aromatic carbocycles. The zero-order valence-electron chi connectivity index (χ0n) is 11.8. The average Bonchev–Trinajstić information content (AvgIpc) is 2.65. The van der Waals surface area contributed by atoms with Gasteiger partial charge in [-0.1, -0.05) is 33.6 Å². The van der Waals surface area contributed by atoms with E-state index in [4.69, 9.17) is 0 Å². The summed E-state index contributed by atoms with van der Waals surface area (Å²) in [5, 5.41) is 4.88. The highest BCUT2D eigenvalue weighted by atomic mass is 32.2. The lowest BCUT2D eigenvalue weighted by molar-refractivity contribution is 0.190. The van der Waals surface area contributed by atoms with Crippen LogP contribution in [0.4, 0.5) is 0 Å². The number of rotatable bonds is 4. The van der Waals surface area contributed by atoms with Crippen molar-refractivity contribution in [2.24, 2.45) is 5.41 Å². The Morgan fingerprint density at radius 1 is 1.18 bits per heavy atom. The summed E-state index contributed by atoms with van der Waals surface area (Å²) in [6.07, 6.45) is 9.91. The van der Waals surface area contributed by atoms with E-state index in [-0.39, 0.29) is 0 Å². The predicted octanol–water partition coefficient (Wildman–Crippen LogP) is 4.22. The number of hydrogen-bond acceptors (Lipinski definition) is 2. The van der Waals surface area contributed by atoms with Crippen molar-refractivity contribution in [1.82, 2.24) is 5.32 Å². The van der Waals surface area contributed by atoms with E-state index in [0.717, 1.165) is 17.3 Å². The molecule has 1 N–H and O–H groups in total. The number of hydrogen-bond donors (Lipinski definition) is 1. The van der Waals surface area contributed by atoms with Gasteiger partial charge in [0.05, 0.1) is 0 Å². The van der Waals surface area contributed by atoms with Gasteiger partial charge in [0.25, 0.3) is 0 Å². The Hall–Kier alpha value is 0.310. The molecule has 0 spiro atoms. The highest BCUT2D eigenvalue weighted by Gasteiger charge is 2.33. The smallest absolute Gasteiger partial charge is 0.0201 e. The van der Waals surface area contributed by atoms with E-state index in [2.05, 4.69) is 37.8 Å². The maximum absolute atomic E-state index is 3.99. The van der Waals surface area contributed by atoms with E-state index in [9.17, 15) is 0 Å². The lowest BCUT2D eigenvalue weighted by Crippen LogP contribution is -2.45. The van der Waals surface area contributed by atoms with Crippen molar-refractivity contribution in [2.45, 2.75) is 83.1 Å². The van der Waals surface area contributed by atoms with Crippen LogP contribution in [-0.4, -0.2) is 23.1 Å². The molecule has 2 fully saturated rings. The second kappa shape index (κ2) is 5.97. The van der Waals surface area contributed by atoms with Crippen LogP contribution < -0.4 is 5.32 Å². The van der Waals surface area contributed by atoms with Crippen LogP contribution in [0.1, 0.15) is 65.7 Å². The molecule has 1 nitrogen and oxygen atoms in total. The largest absolute Gasteiger partial charge is 0.310 e. The second-order valence-corrected chi connectivity index (χ2v) is 8.17. The Bertz CT molecular complexity index is 239. The monoisotopic (exact) mass is 255 g/mol. The third-order valence-electron chi connectivity index (χ3n) is 4.49. The summed E-state index contributed by atoms with van der Waals surface area (Å²) in [5.74, 6) is 1.28. The molecule has 2 heteroatoms. The molecule has 2 aliphatic rings. The Balaban J connectivity index is 1.83. The molecule has 3 unspecified atom stereocenters. The van der Waals surface area contributed by atoms with E-state index in [1.807, 2.05) is 0 Å². The highest BCUT2D eigenvalue weighted by Crippen LogP contribution is 2.37. The first-order chi connectivity index (χ1) is 8.11. The Kier molecular flexibility index (Phi) is 4.82. The molecule has 0 saturated heterocycles. The first kappa shape index (κ1) is 13.7. The Morgan fingerprint density at radius 3 is 2.71 bits per heavy atom. The minimum absolute atomic E-state index is 0.571. The maximum Gasteiger partial charge on any atom is 0.0201 e. The average molecular weight is 255 g/mol. The maximum atomic E-state index is 3.99. The first-order valence-corrected chi connectivity index (χ1v) is 8.53. The van der Waals surface area contributed by atoms with Crippen LogP contribution in [0.5, 0.6) is 0 Å². The molecular formula is C15H29NS. The minimum Gasteiger partial charge on any atom is -0.310 e. The molecule has 0 heterocycles. The molecule has 2 saturated carbocycles. The predicted molar refractivity (Wildman–Crippen MR) is 78.7 cm³/mol. The minimum atomic E-state index is 0.571. The van der Waals surface area contributed by atoms with Gasteiger partial charge in [0.1, 0.15) is 0 Å². The topological polar surface area (TPSA) is 12.0 Å². The Morgan fingerprint density at radius 2 is 2.00 bits per heavy atom. The molecule has 3 atom stereocenters. The van der Waals surface area contributed by atoms with Crippen molar-refractivity contribution in [3.8, 4) is 0 Å². The fourth-order valence-corrected chi connectivity index (χ4v) is 4.88. The van der Waals surface area contributed by atoms with Crippen molar-refractivity contribution < 1.29 is 0 Å². The summed E-state index contributed by atoms with van der Waals surface area (Å²) >= 11 is 2.17. The van der Waals surface area contributed by atoms with Gasteiger partial charge in [0.15, 0.2) is 0 Å². The fraction of sp³-hybridized carbons (Fsp3) is 1.00. The third kappa shape index (κ3) is 3.89. The molecular weight excluding hydrogens is 226 g/mol. The molecule has 0 bridgehead atoms. The lowest BCUT2D eigenvalue weighted by Gasteiger charge is -2.38. The van der Waals surface area contributed by atoms with Crippen molar-refractivity contribution in [2.75, 3.05) is 5.75 Å². The molecule has 0 radical (unpaired) electrons. The van der Waals surface area contributed by atoms with E-state index < -0.39 is 0 Å². The van der Waals surface area contributed by atoms with E-state index in [0.29, 0.717) is 5.41 Å². The van der Waals surface area contributed by atoms with Gasteiger partial charge in [-0.05, 0) is 43.3 Å². The SMILES string of the molecule is CCSC1CCCC1NC1CCCC(C)(C)C1. The molecule has 17 heavy (non-hydrogen) atoms. The lowest BCUT2D eigenvalue weighted by atomic mass is 9.75. The van der Waals surface area contributed by atoms with Gasteiger partial charge >= 0.3 is 0 Å². The number of thioether (sulfide) groups is 1. The summed E-state index contributed by atoms with van der Waals surface area (Å²) in [6.45, 7) is 7.17. The van der Waals surface area contributed by atoms with Crippen LogP contribution in [0.15, 0.2) is 0 Å². The summed E-state index contributed by atoms with van der Waals surface area (Å²) in [6, 6.07) is 1.60. The van der Waals surface area contributed by atoms with Crippen LogP contribution in [-0.2, 0) is 0 Å². The van der Waals surface area contributed by atoms with Crippen molar-refractivity contribution in [3.63, 3.8) is 0 Å². The summed E-state index contributed by atoms with van der Waals surface area (Å²) in [5.41, 5.74) is 0.571. The molecule has 100 valence electrons. The molecule has 0 amide bonds. The van der Waals surface area contributed by atoms with Gasteiger partial charge in [-0.2, -0.15) is 11.8 Å². The first-order valence-electron chi connectivity index (χ1n) is 7.48. The molecule has 2 aliphatic carbocycles. The van der Waals surface area contributed by atoms with Gasteiger partial charge < -0.3 is 5.32 Å². The van der Waals surface area contributed by atoms with Crippen LogP contribution in [0.25, 0.3) is 0 Å². The Labute approximate surface area is 112 Å². The van der Waals surface area contributed by atoms with Crippen molar-refractivity contribution in [1.29, 1.82) is 0 Å². The van der Waals surface area contributed by atoms with Gasteiger partial charge in [-0.15, -0.1) is 0 Å². The summed E-state index contributed by atoms with van der Waals surface area (Å²) in [7, 11) is 0. The molecule has 2 rings (SSSR count). The summed E-state index contributed by atoms with van der Waals surface area (Å²) < 4.78 is 0. The highest BCUT2D eigenvalue weighted by molar-refractivity contribution is 7.99. The quantitative estimate of drug-likeness (QED) is 0.807. The zero-order valence-corrected chi connectivity index (χ0v) is 12.6.